The van der Waals surface area contributed by atoms with Crippen LogP contribution in [0, 0.1) is 6.08 Å². The van der Waals surface area contributed by atoms with Gasteiger partial charge in [-0.2, -0.15) is 0 Å². The summed E-state index contributed by atoms with van der Waals surface area (Å²) >= 11 is 0. The van der Waals surface area contributed by atoms with E-state index < -0.39 is 0 Å². The van der Waals surface area contributed by atoms with Crippen LogP contribution in [0.25, 0.3) is 6.08 Å². The second kappa shape index (κ2) is 9.57. The fourth-order valence-corrected chi connectivity index (χ4v) is 3.42. The lowest BCUT2D eigenvalue weighted by Crippen LogP contribution is -2.23. The van der Waals surface area contributed by atoms with E-state index >= 15 is 0 Å². The Hall–Kier alpha value is -3.58. The molecule has 0 heterocycles. The molecule has 0 unspecified atom stereocenters. The standard InChI is InChI=1S/C28H24N/c1-4-12-24(13-5-1)20-21-27-18-10-11-19-28(27)29(22-25-14-6-2-7-15-25)23-26-16-8-3-9-17-26/h1-20H,22-23H2. The molecule has 0 saturated carbocycles. The lowest BCUT2D eigenvalue weighted by atomic mass is 10.1. The lowest BCUT2D eigenvalue weighted by Gasteiger charge is -2.27. The molecule has 0 aliphatic rings. The van der Waals surface area contributed by atoms with E-state index in [1.54, 1.807) is 0 Å². The lowest BCUT2D eigenvalue weighted by molar-refractivity contribution is 0.798. The Labute approximate surface area is 173 Å². The summed E-state index contributed by atoms with van der Waals surface area (Å²) in [5.41, 5.74) is 6.03. The average Bonchev–Trinajstić information content (AvgIpc) is 2.80. The highest BCUT2D eigenvalue weighted by atomic mass is 15.1. The zero-order valence-electron chi connectivity index (χ0n) is 16.4. The summed E-state index contributed by atoms with van der Waals surface area (Å²) in [5.74, 6) is 0. The largest absolute Gasteiger partial charge is 0.362 e. The minimum atomic E-state index is 0.847. The van der Waals surface area contributed by atoms with Gasteiger partial charge in [0, 0.05) is 24.3 Å². The number of benzene rings is 4. The van der Waals surface area contributed by atoms with Gasteiger partial charge in [-0.15, -0.1) is 0 Å². The Morgan fingerprint density at radius 3 is 1.62 bits per heavy atom. The van der Waals surface area contributed by atoms with Crippen LogP contribution < -0.4 is 4.90 Å². The van der Waals surface area contributed by atoms with Gasteiger partial charge in [-0.3, -0.25) is 0 Å². The van der Waals surface area contributed by atoms with Crippen molar-refractivity contribution in [2.75, 3.05) is 4.90 Å². The van der Waals surface area contributed by atoms with Gasteiger partial charge in [0.05, 0.1) is 0 Å². The summed E-state index contributed by atoms with van der Waals surface area (Å²) < 4.78 is 0. The van der Waals surface area contributed by atoms with Gasteiger partial charge in [0.15, 0.2) is 0 Å². The van der Waals surface area contributed by atoms with Crippen LogP contribution in [-0.2, 0) is 13.1 Å². The highest BCUT2D eigenvalue weighted by Gasteiger charge is 2.11. The molecule has 1 radical (unpaired) electrons. The zero-order chi connectivity index (χ0) is 19.7. The zero-order valence-corrected chi connectivity index (χ0v) is 16.4. The first-order valence-electron chi connectivity index (χ1n) is 9.95. The predicted molar refractivity (Wildman–Crippen MR) is 122 cm³/mol. The maximum absolute atomic E-state index is 3.51. The summed E-state index contributed by atoms with van der Waals surface area (Å²) in [4.78, 5) is 2.42. The Morgan fingerprint density at radius 2 is 1.03 bits per heavy atom. The van der Waals surface area contributed by atoms with Crippen LogP contribution in [0.5, 0.6) is 0 Å². The third kappa shape index (κ3) is 5.24. The Bertz CT molecular complexity index is 996. The summed E-state index contributed by atoms with van der Waals surface area (Å²) in [6.45, 7) is 1.69. The smallest absolute Gasteiger partial charge is 0.0452 e. The molecule has 0 aliphatic carbocycles. The van der Waals surface area contributed by atoms with E-state index in [4.69, 9.17) is 0 Å². The Kier molecular flexibility index (Phi) is 6.19. The fourth-order valence-electron chi connectivity index (χ4n) is 3.42. The summed E-state index contributed by atoms with van der Waals surface area (Å²) in [5, 5.41) is 0. The Balaban J connectivity index is 1.67. The van der Waals surface area contributed by atoms with Gasteiger partial charge in [0.2, 0.25) is 0 Å². The first-order valence-corrected chi connectivity index (χ1v) is 9.95. The van der Waals surface area contributed by atoms with E-state index in [0.717, 1.165) is 24.2 Å². The van der Waals surface area contributed by atoms with Gasteiger partial charge in [0.1, 0.15) is 0 Å². The monoisotopic (exact) mass is 374 g/mol. The molecule has 1 heteroatoms. The maximum atomic E-state index is 3.51. The summed E-state index contributed by atoms with van der Waals surface area (Å²) in [7, 11) is 0. The predicted octanol–water partition coefficient (Wildman–Crippen LogP) is 6.76. The second-order valence-electron chi connectivity index (χ2n) is 7.04. The second-order valence-corrected chi connectivity index (χ2v) is 7.04. The Morgan fingerprint density at radius 1 is 0.552 bits per heavy atom. The minimum absolute atomic E-state index is 0.847. The van der Waals surface area contributed by atoms with Crippen LogP contribution >= 0.6 is 0 Å². The quantitative estimate of drug-likeness (QED) is 0.323. The molecule has 0 aliphatic heterocycles. The van der Waals surface area contributed by atoms with Crippen LogP contribution in [0.15, 0.2) is 115 Å². The van der Waals surface area contributed by atoms with Crippen molar-refractivity contribution in [2.45, 2.75) is 13.1 Å². The fraction of sp³-hybridized carbons (Fsp3) is 0.0714. The van der Waals surface area contributed by atoms with Gasteiger partial charge in [-0.05, 0) is 34.9 Å². The average molecular weight is 375 g/mol. The van der Waals surface area contributed by atoms with Crippen molar-refractivity contribution >= 4 is 11.8 Å². The van der Waals surface area contributed by atoms with Gasteiger partial charge < -0.3 is 4.90 Å². The van der Waals surface area contributed by atoms with E-state index in [2.05, 4.69) is 126 Å². The molecule has 0 N–H and O–H groups in total. The first kappa shape index (κ1) is 18.8. The topological polar surface area (TPSA) is 3.24 Å². The minimum Gasteiger partial charge on any atom is -0.362 e. The number of nitrogens with zero attached hydrogens (tertiary/aromatic N) is 1. The number of hydrogen-bond donors (Lipinski definition) is 0. The maximum Gasteiger partial charge on any atom is 0.0452 e. The molecule has 4 rings (SSSR count). The molecule has 0 bridgehead atoms. The van der Waals surface area contributed by atoms with Gasteiger partial charge >= 0.3 is 0 Å². The molecule has 1 nitrogen and oxygen atoms in total. The van der Waals surface area contributed by atoms with Gasteiger partial charge in [-0.1, -0.05) is 109 Å². The highest BCUT2D eigenvalue weighted by molar-refractivity contribution is 5.61. The van der Waals surface area contributed by atoms with Crippen molar-refractivity contribution < 1.29 is 0 Å². The first-order chi connectivity index (χ1) is 14.4. The summed E-state index contributed by atoms with van der Waals surface area (Å²) in [6, 6.07) is 40.1. The van der Waals surface area contributed by atoms with Crippen molar-refractivity contribution in [2.24, 2.45) is 0 Å². The molecule has 0 spiro atoms. The molecule has 0 saturated heterocycles. The highest BCUT2D eigenvalue weighted by Crippen LogP contribution is 2.25. The number of anilines is 1. The molecule has 141 valence electrons. The van der Waals surface area contributed by atoms with Crippen molar-refractivity contribution in [3.05, 3.63) is 144 Å². The normalized spacial score (nSPS) is 10.9. The molecule has 0 fully saturated rings. The third-order valence-electron chi connectivity index (χ3n) is 4.87. The van der Waals surface area contributed by atoms with Crippen molar-refractivity contribution in [3.8, 4) is 0 Å². The van der Waals surface area contributed by atoms with Crippen molar-refractivity contribution in [1.82, 2.24) is 0 Å². The van der Waals surface area contributed by atoms with Crippen LogP contribution in [-0.4, -0.2) is 0 Å². The molecule has 29 heavy (non-hydrogen) atoms. The SMILES string of the molecule is [C](=Cc1ccccc1)c1ccccc1N(Cc1ccccc1)Cc1ccccc1. The number of para-hydroxylation sites is 1. The van der Waals surface area contributed by atoms with Gasteiger partial charge in [0.25, 0.3) is 0 Å². The van der Waals surface area contributed by atoms with Crippen molar-refractivity contribution in [1.29, 1.82) is 0 Å². The summed E-state index contributed by atoms with van der Waals surface area (Å²) in [6.07, 6.45) is 5.57. The van der Waals surface area contributed by atoms with E-state index in [1.165, 1.54) is 16.8 Å². The molecule has 0 aromatic heterocycles. The van der Waals surface area contributed by atoms with Crippen LogP contribution in [0.4, 0.5) is 5.69 Å². The molecular formula is C28H24N. The van der Waals surface area contributed by atoms with E-state index in [1.807, 2.05) is 6.07 Å². The number of rotatable bonds is 7. The van der Waals surface area contributed by atoms with Crippen LogP contribution in [0.2, 0.25) is 0 Å². The van der Waals surface area contributed by atoms with Crippen molar-refractivity contribution in [3.63, 3.8) is 0 Å². The molecule has 4 aromatic rings. The van der Waals surface area contributed by atoms with Gasteiger partial charge in [-0.25, -0.2) is 0 Å². The molecule has 0 amide bonds. The van der Waals surface area contributed by atoms with E-state index in [0.29, 0.717) is 0 Å². The third-order valence-corrected chi connectivity index (χ3v) is 4.87. The molecule has 4 aromatic carbocycles. The van der Waals surface area contributed by atoms with Crippen LogP contribution in [0.1, 0.15) is 22.3 Å². The molecular weight excluding hydrogens is 350 g/mol. The molecule has 0 atom stereocenters. The number of hydrogen-bond acceptors (Lipinski definition) is 1. The van der Waals surface area contributed by atoms with Crippen LogP contribution in [0.3, 0.4) is 0 Å². The van der Waals surface area contributed by atoms with E-state index in [9.17, 15) is 0 Å². The van der Waals surface area contributed by atoms with E-state index in [-0.39, 0.29) is 0 Å².